The van der Waals surface area contributed by atoms with E-state index in [1.807, 2.05) is 28.0 Å². The fraction of sp³-hybridized carbons (Fsp3) is 0.444. The number of fused-ring (bicyclic) bond motifs is 4. The Hall–Kier alpha value is -3.55. The number of nitrogens with one attached hydrogen (secondary N) is 1. The largest absolute Gasteiger partial charge is 0.493 e. The Morgan fingerprint density at radius 3 is 2.54 bits per heavy atom. The smallest absolute Gasteiger partial charge is 0.254 e. The average molecular weight is 478 g/mol. The van der Waals surface area contributed by atoms with Gasteiger partial charge in [-0.25, -0.2) is 0 Å². The van der Waals surface area contributed by atoms with Crippen LogP contribution in [0.5, 0.6) is 11.5 Å². The van der Waals surface area contributed by atoms with E-state index in [-0.39, 0.29) is 17.7 Å². The molecule has 1 N–H and O–H groups in total. The van der Waals surface area contributed by atoms with Crippen LogP contribution in [0.25, 0.3) is 0 Å². The molecule has 0 aliphatic carbocycles. The molecule has 3 heterocycles. The summed E-state index contributed by atoms with van der Waals surface area (Å²) in [4.78, 5) is 42.9. The third-order valence-electron chi connectivity index (χ3n) is 7.39. The minimum atomic E-state index is -0.586. The molecule has 0 spiro atoms. The van der Waals surface area contributed by atoms with Gasteiger partial charge in [0.2, 0.25) is 11.8 Å². The van der Waals surface area contributed by atoms with Gasteiger partial charge in [0.25, 0.3) is 5.91 Å². The number of nitrogens with zero attached hydrogens (tertiary/aromatic N) is 2. The molecule has 2 aromatic rings. The van der Waals surface area contributed by atoms with Gasteiger partial charge in [0.15, 0.2) is 11.5 Å². The van der Waals surface area contributed by atoms with Crippen LogP contribution in [0.1, 0.15) is 58.3 Å². The zero-order valence-electron chi connectivity index (χ0n) is 20.2. The highest BCUT2D eigenvalue weighted by molar-refractivity contribution is 6.02. The topological polar surface area (TPSA) is 88.2 Å². The lowest BCUT2D eigenvalue weighted by atomic mass is 9.75. The molecule has 3 aliphatic heterocycles. The van der Waals surface area contributed by atoms with Crippen LogP contribution in [0.2, 0.25) is 0 Å². The Morgan fingerprint density at radius 1 is 1.03 bits per heavy atom. The zero-order valence-corrected chi connectivity index (χ0v) is 20.2. The molecular weight excluding hydrogens is 446 g/mol. The number of carbonyl (C=O) groups is 3. The highest BCUT2D eigenvalue weighted by atomic mass is 16.5. The van der Waals surface area contributed by atoms with Gasteiger partial charge in [-0.15, -0.1) is 0 Å². The molecule has 0 aromatic heterocycles. The van der Waals surface area contributed by atoms with Gasteiger partial charge in [0.05, 0.1) is 26.2 Å². The molecule has 0 radical (unpaired) electrons. The van der Waals surface area contributed by atoms with Crippen molar-refractivity contribution in [3.8, 4) is 11.5 Å². The molecule has 1 fully saturated rings. The van der Waals surface area contributed by atoms with Gasteiger partial charge in [0.1, 0.15) is 0 Å². The summed E-state index contributed by atoms with van der Waals surface area (Å²) in [6.45, 7) is 2.45. The summed E-state index contributed by atoms with van der Waals surface area (Å²) in [5.74, 6) is 0.318. The minimum Gasteiger partial charge on any atom is -0.493 e. The first-order chi connectivity index (χ1) is 17.0. The van der Waals surface area contributed by atoms with Crippen molar-refractivity contribution in [1.29, 1.82) is 0 Å². The summed E-state index contributed by atoms with van der Waals surface area (Å²) in [6, 6.07) is 11.1. The van der Waals surface area contributed by atoms with Crippen molar-refractivity contribution in [2.75, 3.05) is 40.4 Å². The summed E-state index contributed by atoms with van der Waals surface area (Å²) in [5.41, 5.74) is 3.30. The zero-order chi connectivity index (χ0) is 24.5. The fourth-order valence-corrected chi connectivity index (χ4v) is 5.66. The van der Waals surface area contributed by atoms with Gasteiger partial charge in [0, 0.05) is 38.2 Å². The van der Waals surface area contributed by atoms with Crippen LogP contribution < -0.4 is 14.8 Å². The van der Waals surface area contributed by atoms with Crippen molar-refractivity contribution >= 4 is 17.7 Å². The van der Waals surface area contributed by atoms with Crippen LogP contribution in [-0.2, 0) is 16.0 Å². The summed E-state index contributed by atoms with van der Waals surface area (Å²) in [7, 11) is 3.08. The Balaban J connectivity index is 1.47. The van der Waals surface area contributed by atoms with E-state index >= 15 is 0 Å². The standard InChI is InChI=1S/C27H31N3O5/c1-34-21-15-19-20(16-22(21)35-2)27(33)30-14-10-17-7-3-4-8-18(17)25(30)24(19)26(32)28-11-6-13-29-12-5-9-23(29)31/h3-4,7-8,15-16,24-25H,5-6,9-14H2,1-2H3,(H,28,32)/t24-,25-/m0/s1. The van der Waals surface area contributed by atoms with Gasteiger partial charge in [-0.3, -0.25) is 14.4 Å². The van der Waals surface area contributed by atoms with Gasteiger partial charge in [-0.1, -0.05) is 24.3 Å². The van der Waals surface area contributed by atoms with Crippen LogP contribution in [0, 0.1) is 0 Å². The fourth-order valence-electron chi connectivity index (χ4n) is 5.66. The van der Waals surface area contributed by atoms with Crippen LogP contribution >= 0.6 is 0 Å². The Labute approximate surface area is 205 Å². The monoisotopic (exact) mass is 477 g/mol. The molecule has 5 rings (SSSR count). The minimum absolute atomic E-state index is 0.1000. The number of carbonyl (C=O) groups excluding carboxylic acids is 3. The van der Waals surface area contributed by atoms with Gasteiger partial charge < -0.3 is 24.6 Å². The van der Waals surface area contributed by atoms with E-state index in [4.69, 9.17) is 9.47 Å². The Kier molecular flexibility index (Phi) is 6.36. The van der Waals surface area contributed by atoms with E-state index in [1.54, 1.807) is 19.2 Å². The van der Waals surface area contributed by atoms with Crippen LogP contribution in [0.15, 0.2) is 36.4 Å². The predicted molar refractivity (Wildman–Crippen MR) is 130 cm³/mol. The van der Waals surface area contributed by atoms with Crippen molar-refractivity contribution in [3.05, 3.63) is 58.7 Å². The number of hydrogen-bond acceptors (Lipinski definition) is 5. The second-order valence-corrected chi connectivity index (χ2v) is 9.29. The maximum Gasteiger partial charge on any atom is 0.254 e. The lowest BCUT2D eigenvalue weighted by Gasteiger charge is -2.45. The SMILES string of the molecule is COc1cc2c(cc1OC)[C@H](C(=O)NCCCN1CCCC1=O)[C@@H]1c3ccccc3CCN1C2=O. The predicted octanol–water partition coefficient (Wildman–Crippen LogP) is 2.67. The van der Waals surface area contributed by atoms with Gasteiger partial charge in [-0.2, -0.15) is 0 Å². The number of benzene rings is 2. The molecule has 0 unspecified atom stereocenters. The second-order valence-electron chi connectivity index (χ2n) is 9.29. The van der Waals surface area contributed by atoms with E-state index in [0.717, 1.165) is 30.5 Å². The average Bonchev–Trinajstić information content (AvgIpc) is 3.30. The van der Waals surface area contributed by atoms with E-state index in [9.17, 15) is 14.4 Å². The van der Waals surface area contributed by atoms with Crippen molar-refractivity contribution in [1.82, 2.24) is 15.1 Å². The number of likely N-dealkylation sites (tertiary alicyclic amines) is 1. The molecule has 8 nitrogen and oxygen atoms in total. The molecule has 0 saturated carbocycles. The highest BCUT2D eigenvalue weighted by Crippen LogP contribution is 2.48. The summed E-state index contributed by atoms with van der Waals surface area (Å²) >= 11 is 0. The molecule has 1 saturated heterocycles. The maximum atomic E-state index is 13.7. The van der Waals surface area contributed by atoms with Crippen LogP contribution in [0.4, 0.5) is 0 Å². The van der Waals surface area contributed by atoms with E-state index in [0.29, 0.717) is 55.1 Å². The molecule has 0 bridgehead atoms. The highest BCUT2D eigenvalue weighted by Gasteiger charge is 2.46. The number of ether oxygens (including phenoxy) is 2. The number of hydrogen-bond donors (Lipinski definition) is 1. The summed E-state index contributed by atoms with van der Waals surface area (Å²) in [5, 5.41) is 3.09. The van der Waals surface area contributed by atoms with Gasteiger partial charge >= 0.3 is 0 Å². The molecular formula is C27H31N3O5. The normalized spacial score (nSPS) is 20.7. The van der Waals surface area contributed by atoms with E-state index in [2.05, 4.69) is 11.4 Å². The van der Waals surface area contributed by atoms with Crippen molar-refractivity contribution < 1.29 is 23.9 Å². The molecule has 184 valence electrons. The van der Waals surface area contributed by atoms with Crippen LogP contribution in [0.3, 0.4) is 0 Å². The lowest BCUT2D eigenvalue weighted by molar-refractivity contribution is -0.127. The first kappa shape index (κ1) is 23.2. The molecule has 8 heteroatoms. The molecule has 3 aliphatic rings. The summed E-state index contributed by atoms with van der Waals surface area (Å²) < 4.78 is 11.0. The van der Waals surface area contributed by atoms with Gasteiger partial charge in [-0.05, 0) is 48.1 Å². The third-order valence-corrected chi connectivity index (χ3v) is 7.39. The molecule has 2 aromatic carbocycles. The summed E-state index contributed by atoms with van der Waals surface area (Å²) in [6.07, 6.45) is 2.95. The molecule has 2 atom stereocenters. The quantitative estimate of drug-likeness (QED) is 0.620. The Bertz CT molecular complexity index is 1160. The number of amides is 3. The van der Waals surface area contributed by atoms with E-state index < -0.39 is 12.0 Å². The third kappa shape index (κ3) is 4.11. The lowest BCUT2D eigenvalue weighted by Crippen LogP contribution is -2.50. The van der Waals surface area contributed by atoms with Crippen molar-refractivity contribution in [2.24, 2.45) is 0 Å². The molecule has 3 amide bonds. The van der Waals surface area contributed by atoms with Crippen molar-refractivity contribution in [3.63, 3.8) is 0 Å². The molecule has 35 heavy (non-hydrogen) atoms. The van der Waals surface area contributed by atoms with Crippen molar-refractivity contribution in [2.45, 2.75) is 37.6 Å². The van der Waals surface area contributed by atoms with E-state index in [1.165, 1.54) is 7.11 Å². The van der Waals surface area contributed by atoms with Crippen LogP contribution in [-0.4, -0.2) is 67.9 Å². The number of rotatable bonds is 7. The first-order valence-electron chi connectivity index (χ1n) is 12.2. The second kappa shape index (κ2) is 9.60. The first-order valence-corrected chi connectivity index (χ1v) is 12.2. The Morgan fingerprint density at radius 2 is 1.80 bits per heavy atom. The maximum absolute atomic E-state index is 13.7. The number of methoxy groups -OCH3 is 2.